The molecule has 7 nitrogen and oxygen atoms in total. The number of hydrogen-bond donors (Lipinski definition) is 3. The van der Waals surface area contributed by atoms with Crippen molar-refractivity contribution < 1.29 is 37.7 Å². The second kappa shape index (κ2) is 9.00. The van der Waals surface area contributed by atoms with E-state index in [-0.39, 0.29) is 0 Å². The number of carboxylic acids is 2. The van der Waals surface area contributed by atoms with Crippen molar-refractivity contribution in [1.82, 2.24) is 4.98 Å². The Labute approximate surface area is 155 Å². The van der Waals surface area contributed by atoms with Crippen molar-refractivity contribution in [3.63, 3.8) is 0 Å². The Hall–Kier alpha value is -2.40. The first-order chi connectivity index (χ1) is 12.7. The average Bonchev–Trinajstić information content (AvgIpc) is 3.06. The number of rotatable bonds is 4. The number of thiophene rings is 1. The Morgan fingerprint density at radius 2 is 1.93 bits per heavy atom. The second-order valence-electron chi connectivity index (χ2n) is 5.73. The zero-order valence-corrected chi connectivity index (χ0v) is 14.8. The Morgan fingerprint density at radius 1 is 1.30 bits per heavy atom. The van der Waals surface area contributed by atoms with Crippen LogP contribution in [0.25, 0.3) is 10.1 Å². The number of nitrogens with zero attached hydrogens (tertiary/aromatic N) is 1. The van der Waals surface area contributed by atoms with Crippen LogP contribution in [0.1, 0.15) is 22.5 Å². The zero-order chi connectivity index (χ0) is 20.0. The van der Waals surface area contributed by atoms with Crippen molar-refractivity contribution in [2.24, 2.45) is 5.92 Å². The number of aromatic nitrogens is 1. The van der Waals surface area contributed by atoms with Gasteiger partial charge in [-0.1, -0.05) is 0 Å². The molecular weight excluding hydrogens is 389 g/mol. The molecule has 1 saturated heterocycles. The molecule has 0 aliphatic carbocycles. The summed E-state index contributed by atoms with van der Waals surface area (Å²) in [6.45, 7) is 2.50. The maximum Gasteiger partial charge on any atom is 0.490 e. The quantitative estimate of drug-likeness (QED) is 0.713. The summed E-state index contributed by atoms with van der Waals surface area (Å²) in [5.74, 6) is -2.27. The molecule has 0 aromatic carbocycles. The van der Waals surface area contributed by atoms with Gasteiger partial charge in [-0.2, -0.15) is 13.2 Å². The number of halogens is 3. The highest BCUT2D eigenvalue weighted by molar-refractivity contribution is 7.20. The standard InChI is InChI=1S/C14H16N2O3S.C2HF3O2/c17-14(18)12-7-10-11(20-12)1-4-15-13(10)16-8-9-2-5-19-6-3-9;3-2(4,5)1(6)7/h1,4,7,9H,2-3,5-6,8H2,(H,15,16)(H,17,18);(H,6,7). The van der Waals surface area contributed by atoms with Crippen molar-refractivity contribution in [1.29, 1.82) is 0 Å². The normalized spacial score (nSPS) is 15.1. The summed E-state index contributed by atoms with van der Waals surface area (Å²) in [6.07, 6.45) is -1.24. The van der Waals surface area contributed by atoms with Crippen molar-refractivity contribution in [3.8, 4) is 0 Å². The largest absolute Gasteiger partial charge is 0.490 e. The van der Waals surface area contributed by atoms with Gasteiger partial charge in [-0.05, 0) is 30.9 Å². The molecule has 3 heterocycles. The highest BCUT2D eigenvalue weighted by Gasteiger charge is 2.38. The number of pyridine rings is 1. The van der Waals surface area contributed by atoms with Crippen molar-refractivity contribution in [2.75, 3.05) is 25.1 Å². The van der Waals surface area contributed by atoms with Gasteiger partial charge in [0.2, 0.25) is 0 Å². The van der Waals surface area contributed by atoms with Gasteiger partial charge in [0.25, 0.3) is 0 Å². The molecular formula is C16H17F3N2O5S. The number of carbonyl (C=O) groups is 2. The molecule has 11 heteroatoms. The van der Waals surface area contributed by atoms with Gasteiger partial charge in [0.1, 0.15) is 10.7 Å². The smallest absolute Gasteiger partial charge is 0.477 e. The summed E-state index contributed by atoms with van der Waals surface area (Å²) in [5, 5.41) is 20.4. The van der Waals surface area contributed by atoms with E-state index in [0.717, 1.165) is 48.5 Å². The van der Waals surface area contributed by atoms with Crippen molar-refractivity contribution >= 4 is 39.2 Å². The van der Waals surface area contributed by atoms with Crippen LogP contribution in [-0.2, 0) is 9.53 Å². The van der Waals surface area contributed by atoms with E-state index in [1.165, 1.54) is 11.3 Å². The van der Waals surface area contributed by atoms with E-state index in [1.54, 1.807) is 12.3 Å². The molecule has 2 aromatic rings. The molecule has 3 rings (SSSR count). The summed E-state index contributed by atoms with van der Waals surface area (Å²) in [7, 11) is 0. The summed E-state index contributed by atoms with van der Waals surface area (Å²) in [5.41, 5.74) is 0. The monoisotopic (exact) mass is 406 g/mol. The number of hydrogen-bond acceptors (Lipinski definition) is 6. The van der Waals surface area contributed by atoms with E-state index >= 15 is 0 Å². The minimum atomic E-state index is -5.08. The predicted molar refractivity (Wildman–Crippen MR) is 92.3 cm³/mol. The molecule has 148 valence electrons. The van der Waals surface area contributed by atoms with Crippen molar-refractivity contribution in [2.45, 2.75) is 19.0 Å². The number of aliphatic carboxylic acids is 1. The molecule has 0 radical (unpaired) electrons. The Kier molecular flexibility index (Phi) is 6.97. The summed E-state index contributed by atoms with van der Waals surface area (Å²) in [4.78, 5) is 24.6. The van der Waals surface area contributed by atoms with Crippen LogP contribution in [0.2, 0.25) is 0 Å². The zero-order valence-electron chi connectivity index (χ0n) is 14.0. The fraction of sp³-hybridized carbons (Fsp3) is 0.438. The molecule has 2 aromatic heterocycles. The third-order valence-electron chi connectivity index (χ3n) is 3.80. The van der Waals surface area contributed by atoms with E-state index in [2.05, 4.69) is 10.3 Å². The fourth-order valence-electron chi connectivity index (χ4n) is 2.40. The van der Waals surface area contributed by atoms with Crippen LogP contribution in [0.15, 0.2) is 18.3 Å². The Balaban J connectivity index is 0.000000321. The third kappa shape index (κ3) is 6.07. The topological polar surface area (TPSA) is 109 Å². The van der Waals surface area contributed by atoms with Crippen LogP contribution in [0, 0.1) is 5.92 Å². The van der Waals surface area contributed by atoms with Gasteiger partial charge < -0.3 is 20.3 Å². The highest BCUT2D eigenvalue weighted by Crippen LogP contribution is 2.30. The van der Waals surface area contributed by atoms with E-state index in [1.807, 2.05) is 6.07 Å². The highest BCUT2D eigenvalue weighted by atomic mass is 32.1. The third-order valence-corrected chi connectivity index (χ3v) is 4.89. The predicted octanol–water partition coefficient (Wildman–Crippen LogP) is 3.47. The van der Waals surface area contributed by atoms with Crippen LogP contribution in [0.3, 0.4) is 0 Å². The molecule has 27 heavy (non-hydrogen) atoms. The second-order valence-corrected chi connectivity index (χ2v) is 6.81. The molecule has 0 spiro atoms. The first-order valence-electron chi connectivity index (χ1n) is 7.92. The van der Waals surface area contributed by atoms with Gasteiger partial charge in [-0.3, -0.25) is 0 Å². The Morgan fingerprint density at radius 3 is 2.48 bits per heavy atom. The van der Waals surface area contributed by atoms with Crippen LogP contribution in [0.4, 0.5) is 19.0 Å². The van der Waals surface area contributed by atoms with E-state index in [0.29, 0.717) is 10.8 Å². The number of carboxylic acid groups (broad SMARTS) is 2. The lowest BCUT2D eigenvalue weighted by atomic mass is 10.0. The van der Waals surface area contributed by atoms with Gasteiger partial charge in [0.15, 0.2) is 0 Å². The van der Waals surface area contributed by atoms with Crippen LogP contribution in [0.5, 0.6) is 0 Å². The molecule has 0 saturated carbocycles. The van der Waals surface area contributed by atoms with Gasteiger partial charge in [-0.15, -0.1) is 11.3 Å². The fourth-order valence-corrected chi connectivity index (χ4v) is 3.30. The van der Waals surface area contributed by atoms with E-state index in [9.17, 15) is 18.0 Å². The molecule has 0 unspecified atom stereocenters. The minimum Gasteiger partial charge on any atom is -0.477 e. The number of alkyl halides is 3. The lowest BCUT2D eigenvalue weighted by Gasteiger charge is -2.22. The lowest BCUT2D eigenvalue weighted by molar-refractivity contribution is -0.192. The summed E-state index contributed by atoms with van der Waals surface area (Å²) >= 11 is 1.28. The number of aromatic carboxylic acids is 1. The van der Waals surface area contributed by atoms with Crippen LogP contribution < -0.4 is 5.32 Å². The Bertz CT molecular complexity index is 803. The number of fused-ring (bicyclic) bond motifs is 1. The van der Waals surface area contributed by atoms with Crippen molar-refractivity contribution in [3.05, 3.63) is 23.2 Å². The number of nitrogens with one attached hydrogen (secondary N) is 1. The first kappa shape index (κ1) is 20.9. The molecule has 0 bridgehead atoms. The van der Waals surface area contributed by atoms with Gasteiger partial charge in [0, 0.05) is 36.0 Å². The molecule has 0 amide bonds. The number of anilines is 1. The number of ether oxygens (including phenoxy) is 1. The molecule has 1 fully saturated rings. The van der Waals surface area contributed by atoms with E-state index in [4.69, 9.17) is 19.7 Å². The average molecular weight is 406 g/mol. The van der Waals surface area contributed by atoms with Gasteiger partial charge >= 0.3 is 18.1 Å². The van der Waals surface area contributed by atoms with Crippen LogP contribution in [-0.4, -0.2) is 53.1 Å². The first-order valence-corrected chi connectivity index (χ1v) is 8.73. The van der Waals surface area contributed by atoms with Gasteiger partial charge in [-0.25, -0.2) is 14.6 Å². The SMILES string of the molecule is O=C(O)C(F)(F)F.O=C(O)c1cc2c(NCC3CCOCC3)nccc2s1. The molecule has 1 aliphatic rings. The lowest BCUT2D eigenvalue weighted by Crippen LogP contribution is -2.22. The van der Waals surface area contributed by atoms with Gasteiger partial charge in [0.05, 0.1) is 0 Å². The molecule has 3 N–H and O–H groups in total. The minimum absolute atomic E-state index is 0.349. The summed E-state index contributed by atoms with van der Waals surface area (Å²) < 4.78 is 38.0. The summed E-state index contributed by atoms with van der Waals surface area (Å²) in [6, 6.07) is 3.55. The molecule has 0 atom stereocenters. The van der Waals surface area contributed by atoms with E-state index < -0.39 is 18.1 Å². The molecule has 1 aliphatic heterocycles. The maximum absolute atomic E-state index is 11.0. The maximum atomic E-state index is 11.0. The van der Waals surface area contributed by atoms with Crippen LogP contribution >= 0.6 is 11.3 Å².